The zero-order chi connectivity index (χ0) is 16.2. The third-order valence-corrected chi connectivity index (χ3v) is 5.19. The van der Waals surface area contributed by atoms with Crippen LogP contribution < -0.4 is 4.80 Å². The number of hydrogen-bond donors (Lipinski definition) is 0. The molecule has 1 amide bonds. The van der Waals surface area contributed by atoms with Gasteiger partial charge in [-0.05, 0) is 37.1 Å². The van der Waals surface area contributed by atoms with Gasteiger partial charge in [-0.1, -0.05) is 57.6 Å². The van der Waals surface area contributed by atoms with Crippen LogP contribution >= 0.6 is 27.3 Å². The number of fused-ring (bicyclic) bond motifs is 1. The average Bonchev–Trinajstić information content (AvgIpc) is 2.89. The van der Waals surface area contributed by atoms with E-state index in [0.717, 1.165) is 32.5 Å². The lowest BCUT2D eigenvalue weighted by Crippen LogP contribution is -2.16. The van der Waals surface area contributed by atoms with E-state index in [1.165, 1.54) is 5.56 Å². The quantitative estimate of drug-likeness (QED) is 0.645. The molecule has 23 heavy (non-hydrogen) atoms. The molecular formula is C18H17BrN2OS. The Morgan fingerprint density at radius 3 is 2.74 bits per heavy atom. The van der Waals surface area contributed by atoms with Crippen molar-refractivity contribution in [3.8, 4) is 0 Å². The molecule has 0 bridgehead atoms. The molecule has 0 saturated heterocycles. The van der Waals surface area contributed by atoms with Crippen LogP contribution in [0.3, 0.4) is 0 Å². The van der Waals surface area contributed by atoms with Crippen LogP contribution in [0.2, 0.25) is 0 Å². The van der Waals surface area contributed by atoms with Gasteiger partial charge in [0.05, 0.1) is 10.2 Å². The topological polar surface area (TPSA) is 34.4 Å². The molecule has 0 N–H and O–H groups in total. The fourth-order valence-electron chi connectivity index (χ4n) is 2.50. The van der Waals surface area contributed by atoms with E-state index in [9.17, 15) is 4.79 Å². The highest BCUT2D eigenvalue weighted by Crippen LogP contribution is 2.22. The highest BCUT2D eigenvalue weighted by molar-refractivity contribution is 9.10. The van der Waals surface area contributed by atoms with Crippen molar-refractivity contribution in [2.45, 2.75) is 26.3 Å². The van der Waals surface area contributed by atoms with Crippen LogP contribution in [0.15, 0.2) is 58.0 Å². The summed E-state index contributed by atoms with van der Waals surface area (Å²) in [4.78, 5) is 17.3. The number of hydrogen-bond acceptors (Lipinski definition) is 2. The third-order valence-electron chi connectivity index (χ3n) is 3.65. The highest BCUT2D eigenvalue weighted by atomic mass is 79.9. The second kappa shape index (κ2) is 7.23. The first-order valence-electron chi connectivity index (χ1n) is 7.57. The van der Waals surface area contributed by atoms with Crippen molar-refractivity contribution in [1.29, 1.82) is 0 Å². The number of halogens is 1. The number of thiazole rings is 1. The molecule has 2 aromatic carbocycles. The van der Waals surface area contributed by atoms with Crippen LogP contribution in [0.1, 0.15) is 18.9 Å². The van der Waals surface area contributed by atoms with Gasteiger partial charge in [0, 0.05) is 17.4 Å². The Hall–Kier alpha value is -1.72. The van der Waals surface area contributed by atoms with Crippen LogP contribution in [0.4, 0.5) is 0 Å². The van der Waals surface area contributed by atoms with E-state index in [0.29, 0.717) is 6.42 Å². The standard InChI is InChI=1S/C18H17BrN2OS/c1-2-21-15-10-9-14(19)12-16(15)23-18(21)20-17(22)11-8-13-6-4-3-5-7-13/h3-7,9-10,12H,2,8,11H2,1H3. The summed E-state index contributed by atoms with van der Waals surface area (Å²) in [6.45, 7) is 2.87. The maximum Gasteiger partial charge on any atom is 0.248 e. The number of nitrogens with zero attached hydrogens (tertiary/aromatic N) is 2. The van der Waals surface area contributed by atoms with Gasteiger partial charge in [-0.2, -0.15) is 4.99 Å². The van der Waals surface area contributed by atoms with Gasteiger partial charge in [0.1, 0.15) is 0 Å². The Balaban J connectivity index is 1.86. The van der Waals surface area contributed by atoms with Crippen molar-refractivity contribution in [2.24, 2.45) is 4.99 Å². The molecule has 1 heterocycles. The molecule has 0 unspecified atom stereocenters. The number of carbonyl (C=O) groups is 1. The van der Waals surface area contributed by atoms with Crippen molar-refractivity contribution in [3.05, 3.63) is 63.4 Å². The molecule has 0 atom stereocenters. The van der Waals surface area contributed by atoms with Gasteiger partial charge in [-0.15, -0.1) is 0 Å². The van der Waals surface area contributed by atoms with Gasteiger partial charge in [0.15, 0.2) is 4.80 Å². The molecule has 0 radical (unpaired) electrons. The molecule has 0 aliphatic carbocycles. The molecule has 3 nitrogen and oxygen atoms in total. The molecule has 3 aromatic rings. The minimum absolute atomic E-state index is 0.0679. The molecule has 0 saturated carbocycles. The number of aromatic nitrogens is 1. The maximum absolute atomic E-state index is 12.2. The SMILES string of the molecule is CCn1c(=NC(=O)CCc2ccccc2)sc2cc(Br)ccc21. The van der Waals surface area contributed by atoms with Crippen LogP contribution in [0.5, 0.6) is 0 Å². The molecule has 3 rings (SSSR count). The molecule has 0 spiro atoms. The van der Waals surface area contributed by atoms with Crippen LogP contribution in [0, 0.1) is 0 Å². The smallest absolute Gasteiger partial charge is 0.248 e. The fraction of sp³-hybridized carbons (Fsp3) is 0.222. The van der Waals surface area contributed by atoms with Gasteiger partial charge < -0.3 is 4.57 Å². The van der Waals surface area contributed by atoms with Crippen molar-refractivity contribution in [1.82, 2.24) is 4.57 Å². The molecule has 0 fully saturated rings. The van der Waals surface area contributed by atoms with Crippen LogP contribution in [-0.4, -0.2) is 10.5 Å². The number of amides is 1. The zero-order valence-electron chi connectivity index (χ0n) is 12.8. The largest absolute Gasteiger partial charge is 0.317 e. The van der Waals surface area contributed by atoms with Crippen LogP contribution in [-0.2, 0) is 17.8 Å². The molecule has 1 aromatic heterocycles. The van der Waals surface area contributed by atoms with Gasteiger partial charge in [-0.3, -0.25) is 4.79 Å². The Morgan fingerprint density at radius 1 is 1.22 bits per heavy atom. The van der Waals surface area contributed by atoms with Crippen molar-refractivity contribution >= 4 is 43.4 Å². The van der Waals surface area contributed by atoms with Gasteiger partial charge in [-0.25, -0.2) is 0 Å². The fourth-order valence-corrected chi connectivity index (χ4v) is 4.16. The Morgan fingerprint density at radius 2 is 2.00 bits per heavy atom. The number of carbonyl (C=O) groups excluding carboxylic acids is 1. The Bertz CT molecular complexity index is 896. The number of rotatable bonds is 4. The lowest BCUT2D eigenvalue weighted by Gasteiger charge is -2.00. The van der Waals surface area contributed by atoms with Crippen molar-refractivity contribution in [3.63, 3.8) is 0 Å². The summed E-state index contributed by atoms with van der Waals surface area (Å²) in [5, 5.41) is 0. The third kappa shape index (κ3) is 3.79. The van der Waals surface area contributed by atoms with Crippen molar-refractivity contribution < 1.29 is 4.79 Å². The van der Waals surface area contributed by atoms with E-state index < -0.39 is 0 Å². The number of benzene rings is 2. The summed E-state index contributed by atoms with van der Waals surface area (Å²) in [6, 6.07) is 16.2. The Labute approximate surface area is 147 Å². The van der Waals surface area contributed by atoms with E-state index in [4.69, 9.17) is 0 Å². The highest BCUT2D eigenvalue weighted by Gasteiger charge is 2.07. The maximum atomic E-state index is 12.2. The van der Waals surface area contributed by atoms with E-state index >= 15 is 0 Å². The summed E-state index contributed by atoms with van der Waals surface area (Å²) in [5.41, 5.74) is 2.29. The first-order valence-corrected chi connectivity index (χ1v) is 9.18. The van der Waals surface area contributed by atoms with Gasteiger partial charge >= 0.3 is 0 Å². The Kier molecular flexibility index (Phi) is 5.08. The molecular weight excluding hydrogens is 372 g/mol. The first-order chi connectivity index (χ1) is 11.2. The lowest BCUT2D eigenvalue weighted by molar-refractivity contribution is -0.118. The summed E-state index contributed by atoms with van der Waals surface area (Å²) in [5.74, 6) is -0.0679. The van der Waals surface area contributed by atoms with Crippen molar-refractivity contribution in [2.75, 3.05) is 0 Å². The monoisotopic (exact) mass is 388 g/mol. The summed E-state index contributed by atoms with van der Waals surface area (Å²) >= 11 is 5.05. The molecule has 5 heteroatoms. The van der Waals surface area contributed by atoms with Gasteiger partial charge in [0.2, 0.25) is 5.91 Å². The molecule has 0 aliphatic heterocycles. The van der Waals surface area contributed by atoms with E-state index in [1.54, 1.807) is 11.3 Å². The summed E-state index contributed by atoms with van der Waals surface area (Å²) < 4.78 is 4.26. The second-order valence-corrected chi connectivity index (χ2v) is 7.16. The van der Waals surface area contributed by atoms with E-state index in [1.807, 2.05) is 36.4 Å². The van der Waals surface area contributed by atoms with E-state index in [-0.39, 0.29) is 5.91 Å². The first kappa shape index (κ1) is 16.1. The van der Waals surface area contributed by atoms with Crippen LogP contribution in [0.25, 0.3) is 10.2 Å². The molecule has 118 valence electrons. The summed E-state index contributed by atoms with van der Waals surface area (Å²) in [6.07, 6.45) is 1.16. The summed E-state index contributed by atoms with van der Waals surface area (Å²) in [7, 11) is 0. The number of aryl methyl sites for hydroxylation is 2. The minimum atomic E-state index is -0.0679. The average molecular weight is 389 g/mol. The second-order valence-electron chi connectivity index (χ2n) is 5.23. The molecule has 0 aliphatic rings. The predicted octanol–water partition coefficient (Wildman–Crippen LogP) is 4.55. The minimum Gasteiger partial charge on any atom is -0.317 e. The van der Waals surface area contributed by atoms with Gasteiger partial charge in [0.25, 0.3) is 0 Å². The lowest BCUT2D eigenvalue weighted by atomic mass is 10.1. The zero-order valence-corrected chi connectivity index (χ0v) is 15.2. The van der Waals surface area contributed by atoms with E-state index in [2.05, 4.69) is 44.5 Å². The predicted molar refractivity (Wildman–Crippen MR) is 98.5 cm³/mol. The normalized spacial score (nSPS) is 12.0.